The topological polar surface area (TPSA) is 41.6 Å². The molecule has 0 aliphatic heterocycles. The van der Waals surface area contributed by atoms with Gasteiger partial charge in [-0.15, -0.1) is 0 Å². The Morgan fingerprint density at radius 2 is 2.13 bits per heavy atom. The molecule has 1 aromatic carbocycles. The minimum atomic E-state index is -0.409. The molecule has 0 radical (unpaired) electrons. The predicted octanol–water partition coefficient (Wildman–Crippen LogP) is 2.10. The van der Waals surface area contributed by atoms with Crippen molar-refractivity contribution in [2.45, 2.75) is 0 Å². The molecule has 4 heteroatoms. The molecule has 1 aromatic heterocycles. The maximum atomic E-state index is 13.1. The van der Waals surface area contributed by atoms with Crippen LogP contribution in [0, 0.1) is 17.1 Å². The molecule has 2 aromatic rings. The number of nitriles is 1. The zero-order valence-electron chi connectivity index (χ0n) is 8.11. The number of halogens is 1. The highest BCUT2D eigenvalue weighted by Gasteiger charge is 2.04. The molecule has 3 nitrogen and oxygen atoms in total. The van der Waals surface area contributed by atoms with Crippen molar-refractivity contribution in [3.8, 4) is 17.2 Å². The van der Waals surface area contributed by atoms with E-state index in [0.29, 0.717) is 11.1 Å². The Morgan fingerprint density at radius 3 is 2.73 bits per heavy atom. The fourth-order valence-corrected chi connectivity index (χ4v) is 1.39. The maximum Gasteiger partial charge on any atom is 0.125 e. The summed E-state index contributed by atoms with van der Waals surface area (Å²) in [6.07, 6.45) is 3.41. The molecule has 2 rings (SSSR count). The number of hydrogen-bond acceptors (Lipinski definition) is 2. The summed E-state index contributed by atoms with van der Waals surface area (Å²) in [7, 11) is 1.79. The predicted molar refractivity (Wildman–Crippen MR) is 53.3 cm³/mol. The van der Waals surface area contributed by atoms with Crippen LogP contribution in [-0.2, 0) is 7.05 Å². The Labute approximate surface area is 86.4 Å². The summed E-state index contributed by atoms with van der Waals surface area (Å²) < 4.78 is 14.8. The Balaban J connectivity index is 2.54. The van der Waals surface area contributed by atoms with Gasteiger partial charge in [-0.3, -0.25) is 4.68 Å². The van der Waals surface area contributed by atoms with E-state index >= 15 is 0 Å². The Hall–Kier alpha value is -2.15. The molecule has 0 atom stereocenters. The van der Waals surface area contributed by atoms with Gasteiger partial charge in [-0.25, -0.2) is 4.39 Å². The van der Waals surface area contributed by atoms with Crippen molar-refractivity contribution in [2.24, 2.45) is 7.05 Å². The summed E-state index contributed by atoms with van der Waals surface area (Å²) in [6, 6.07) is 6.15. The molecule has 0 saturated heterocycles. The first-order chi connectivity index (χ1) is 7.19. The Kier molecular flexibility index (Phi) is 2.22. The number of benzene rings is 1. The van der Waals surface area contributed by atoms with Crippen LogP contribution < -0.4 is 0 Å². The van der Waals surface area contributed by atoms with Crippen molar-refractivity contribution < 1.29 is 4.39 Å². The van der Waals surface area contributed by atoms with Gasteiger partial charge in [0.2, 0.25) is 0 Å². The second-order valence-corrected chi connectivity index (χ2v) is 3.24. The minimum Gasteiger partial charge on any atom is -0.275 e. The first kappa shape index (κ1) is 9.41. The van der Waals surface area contributed by atoms with E-state index in [1.54, 1.807) is 30.2 Å². The van der Waals surface area contributed by atoms with Crippen molar-refractivity contribution in [1.29, 1.82) is 5.26 Å². The molecule has 0 amide bonds. The first-order valence-electron chi connectivity index (χ1n) is 4.39. The number of hydrogen-bond donors (Lipinski definition) is 0. The van der Waals surface area contributed by atoms with Crippen LogP contribution in [0.15, 0.2) is 30.6 Å². The summed E-state index contributed by atoms with van der Waals surface area (Å²) in [4.78, 5) is 0. The van der Waals surface area contributed by atoms with Crippen LogP contribution in [0.3, 0.4) is 0 Å². The molecule has 0 fully saturated rings. The lowest BCUT2D eigenvalue weighted by Gasteiger charge is -1.98. The van der Waals surface area contributed by atoms with Gasteiger partial charge >= 0.3 is 0 Å². The van der Waals surface area contributed by atoms with E-state index in [4.69, 9.17) is 5.26 Å². The lowest BCUT2D eigenvalue weighted by atomic mass is 10.1. The van der Waals surface area contributed by atoms with Crippen molar-refractivity contribution in [3.05, 3.63) is 42.0 Å². The van der Waals surface area contributed by atoms with Crippen molar-refractivity contribution in [1.82, 2.24) is 9.78 Å². The quantitative estimate of drug-likeness (QED) is 0.709. The number of nitrogens with zero attached hydrogens (tertiary/aromatic N) is 3. The smallest absolute Gasteiger partial charge is 0.125 e. The molecule has 15 heavy (non-hydrogen) atoms. The van der Waals surface area contributed by atoms with Crippen molar-refractivity contribution in [3.63, 3.8) is 0 Å². The molecular formula is C11H8FN3. The van der Waals surface area contributed by atoms with Gasteiger partial charge in [-0.1, -0.05) is 0 Å². The fourth-order valence-electron chi connectivity index (χ4n) is 1.39. The summed E-state index contributed by atoms with van der Waals surface area (Å²) in [5.41, 5.74) is 1.78. The molecule has 0 bridgehead atoms. The van der Waals surface area contributed by atoms with Gasteiger partial charge in [-0.05, 0) is 23.8 Å². The monoisotopic (exact) mass is 201 g/mol. The summed E-state index contributed by atoms with van der Waals surface area (Å²) in [6.45, 7) is 0. The van der Waals surface area contributed by atoms with Gasteiger partial charge in [0.05, 0.1) is 17.8 Å². The second-order valence-electron chi connectivity index (χ2n) is 3.24. The molecule has 1 heterocycles. The van der Waals surface area contributed by atoms with E-state index in [-0.39, 0.29) is 0 Å². The van der Waals surface area contributed by atoms with Crippen LogP contribution in [0.2, 0.25) is 0 Å². The number of aryl methyl sites for hydroxylation is 1. The Bertz CT molecular complexity index is 537. The molecule has 0 N–H and O–H groups in total. The summed E-state index contributed by atoms with van der Waals surface area (Å²) >= 11 is 0. The maximum absolute atomic E-state index is 13.1. The SMILES string of the molecule is Cn1cc(-c2cc(F)cc(C#N)c2)cn1. The van der Waals surface area contributed by atoms with Crippen LogP contribution in [0.4, 0.5) is 4.39 Å². The summed E-state index contributed by atoms with van der Waals surface area (Å²) in [5.74, 6) is -0.409. The standard InChI is InChI=1S/C11H8FN3/c1-15-7-10(6-14-15)9-2-8(5-13)3-11(12)4-9/h2-4,6-7H,1H3. The van der Waals surface area contributed by atoms with Crippen LogP contribution in [0.25, 0.3) is 11.1 Å². The molecule has 0 unspecified atom stereocenters. The van der Waals surface area contributed by atoms with E-state index in [9.17, 15) is 4.39 Å². The van der Waals surface area contributed by atoms with Gasteiger partial charge in [-0.2, -0.15) is 10.4 Å². The number of rotatable bonds is 1. The largest absolute Gasteiger partial charge is 0.275 e. The van der Waals surface area contributed by atoms with Crippen LogP contribution in [0.1, 0.15) is 5.56 Å². The minimum absolute atomic E-state index is 0.314. The highest BCUT2D eigenvalue weighted by Crippen LogP contribution is 2.20. The summed E-state index contributed by atoms with van der Waals surface area (Å²) in [5, 5.41) is 12.7. The normalized spacial score (nSPS) is 9.93. The van der Waals surface area contributed by atoms with Crippen LogP contribution >= 0.6 is 0 Å². The third-order valence-electron chi connectivity index (χ3n) is 2.07. The second kappa shape index (κ2) is 3.54. The third kappa shape index (κ3) is 1.86. The first-order valence-corrected chi connectivity index (χ1v) is 4.39. The average Bonchev–Trinajstić information content (AvgIpc) is 2.64. The van der Waals surface area contributed by atoms with Crippen molar-refractivity contribution >= 4 is 0 Å². The van der Waals surface area contributed by atoms with Gasteiger partial charge in [0.25, 0.3) is 0 Å². The average molecular weight is 201 g/mol. The number of aromatic nitrogens is 2. The van der Waals surface area contributed by atoms with Gasteiger partial charge in [0.1, 0.15) is 5.82 Å². The molecule has 0 spiro atoms. The third-order valence-corrected chi connectivity index (χ3v) is 2.07. The Morgan fingerprint density at radius 1 is 1.33 bits per heavy atom. The van der Waals surface area contributed by atoms with E-state index < -0.39 is 5.82 Å². The van der Waals surface area contributed by atoms with E-state index in [0.717, 1.165) is 5.56 Å². The van der Waals surface area contributed by atoms with Crippen LogP contribution in [0.5, 0.6) is 0 Å². The van der Waals surface area contributed by atoms with Gasteiger partial charge < -0.3 is 0 Å². The van der Waals surface area contributed by atoms with Crippen LogP contribution in [-0.4, -0.2) is 9.78 Å². The molecule has 0 saturated carbocycles. The van der Waals surface area contributed by atoms with Gasteiger partial charge in [0.15, 0.2) is 0 Å². The molecule has 0 aliphatic rings. The van der Waals surface area contributed by atoms with E-state index in [1.807, 2.05) is 6.07 Å². The lowest BCUT2D eigenvalue weighted by Crippen LogP contribution is -1.85. The molecule has 0 aliphatic carbocycles. The van der Waals surface area contributed by atoms with Crippen molar-refractivity contribution in [2.75, 3.05) is 0 Å². The highest BCUT2D eigenvalue weighted by molar-refractivity contribution is 5.63. The highest BCUT2D eigenvalue weighted by atomic mass is 19.1. The lowest BCUT2D eigenvalue weighted by molar-refractivity contribution is 0.628. The van der Waals surface area contributed by atoms with E-state index in [1.165, 1.54) is 12.1 Å². The zero-order chi connectivity index (χ0) is 10.8. The fraction of sp³-hybridized carbons (Fsp3) is 0.0909. The van der Waals surface area contributed by atoms with Gasteiger partial charge in [0, 0.05) is 18.8 Å². The zero-order valence-corrected chi connectivity index (χ0v) is 8.11. The molecule has 74 valence electrons. The molecular weight excluding hydrogens is 193 g/mol. The van der Waals surface area contributed by atoms with E-state index in [2.05, 4.69) is 5.10 Å².